The number of rotatable bonds is 7. The molecule has 0 bridgehead atoms. The van der Waals surface area contributed by atoms with Crippen LogP contribution < -0.4 is 14.6 Å². The number of hydrogen-bond acceptors (Lipinski definition) is 4. The predicted molar refractivity (Wildman–Crippen MR) is 128 cm³/mol. The molecule has 4 aromatic rings. The van der Waals surface area contributed by atoms with Crippen LogP contribution in [0.5, 0.6) is 5.75 Å². The third-order valence-electron chi connectivity index (χ3n) is 5.83. The molecule has 5 nitrogen and oxygen atoms in total. The zero-order valence-electron chi connectivity index (χ0n) is 18.6. The lowest BCUT2D eigenvalue weighted by Gasteiger charge is -2.08. The number of carbonyl (C=O) groups excluding carboxylic acids is 1. The Morgan fingerprint density at radius 2 is 1.58 bits per heavy atom. The van der Waals surface area contributed by atoms with Crippen LogP contribution in [0.15, 0.2) is 91.1 Å². The topological polar surface area (TPSA) is 55.1 Å². The summed E-state index contributed by atoms with van der Waals surface area (Å²) in [5, 5.41) is 3.46. The molecule has 0 spiro atoms. The number of fused-ring (bicyclic) bond motifs is 1. The van der Waals surface area contributed by atoms with Gasteiger partial charge in [0.1, 0.15) is 23.3 Å². The molecule has 0 saturated heterocycles. The highest BCUT2D eigenvalue weighted by Gasteiger charge is 2.41. The molecular formula is C28H26N3O2+. The first kappa shape index (κ1) is 20.9. The Hall–Kier alpha value is -3.99. The second-order valence-electron chi connectivity index (χ2n) is 8.14. The van der Waals surface area contributed by atoms with Gasteiger partial charge in [0.05, 0.1) is 6.61 Å². The van der Waals surface area contributed by atoms with Gasteiger partial charge in [0.15, 0.2) is 6.04 Å². The van der Waals surface area contributed by atoms with E-state index < -0.39 is 0 Å². The molecular weight excluding hydrogens is 410 g/mol. The van der Waals surface area contributed by atoms with Gasteiger partial charge in [0, 0.05) is 18.4 Å². The second-order valence-corrected chi connectivity index (χ2v) is 8.14. The molecule has 3 aromatic carbocycles. The van der Waals surface area contributed by atoms with Crippen molar-refractivity contribution in [1.29, 1.82) is 0 Å². The molecule has 2 heterocycles. The molecule has 1 atom stereocenters. The number of ether oxygens (including phenoxy) is 1. The molecule has 1 aliphatic rings. The third kappa shape index (κ3) is 4.48. The SMILES string of the molecule is CCOc1ccc(-c2c[n+]3c(c(Cc4ccccc4)n2)NC(Cc2ccccc2)C3=O)cc1. The van der Waals surface area contributed by atoms with E-state index in [1.807, 2.05) is 73.8 Å². The molecule has 1 N–H and O–H groups in total. The van der Waals surface area contributed by atoms with Crippen molar-refractivity contribution >= 4 is 11.7 Å². The Morgan fingerprint density at radius 3 is 2.24 bits per heavy atom. The van der Waals surface area contributed by atoms with Crippen LogP contribution in [0.3, 0.4) is 0 Å². The van der Waals surface area contributed by atoms with Crippen LogP contribution in [0.25, 0.3) is 11.3 Å². The molecule has 0 amide bonds. The second kappa shape index (κ2) is 9.25. The van der Waals surface area contributed by atoms with Gasteiger partial charge < -0.3 is 4.74 Å². The van der Waals surface area contributed by atoms with Crippen molar-refractivity contribution in [3.63, 3.8) is 0 Å². The van der Waals surface area contributed by atoms with Gasteiger partial charge in [-0.1, -0.05) is 60.7 Å². The van der Waals surface area contributed by atoms with Gasteiger partial charge >= 0.3 is 11.7 Å². The number of hydrogen-bond donors (Lipinski definition) is 1. The maximum atomic E-state index is 13.4. The zero-order valence-corrected chi connectivity index (χ0v) is 18.6. The van der Waals surface area contributed by atoms with Gasteiger partial charge in [-0.2, -0.15) is 4.57 Å². The molecule has 0 saturated carbocycles. The van der Waals surface area contributed by atoms with E-state index in [9.17, 15) is 4.79 Å². The van der Waals surface area contributed by atoms with Gasteiger partial charge in [0.25, 0.3) is 0 Å². The number of benzene rings is 3. The Labute approximate surface area is 193 Å². The van der Waals surface area contributed by atoms with Crippen molar-refractivity contribution in [2.45, 2.75) is 25.8 Å². The molecule has 164 valence electrons. The minimum Gasteiger partial charge on any atom is -0.494 e. The normalized spacial score (nSPS) is 14.6. The van der Waals surface area contributed by atoms with Crippen LogP contribution in [0.4, 0.5) is 5.82 Å². The van der Waals surface area contributed by atoms with E-state index in [1.54, 1.807) is 4.57 Å². The summed E-state index contributed by atoms with van der Waals surface area (Å²) in [6, 6.07) is 27.8. The first-order chi connectivity index (χ1) is 16.2. The highest BCUT2D eigenvalue weighted by atomic mass is 16.5. The van der Waals surface area contributed by atoms with Crippen molar-refractivity contribution in [2.75, 3.05) is 11.9 Å². The smallest absolute Gasteiger partial charge is 0.359 e. The van der Waals surface area contributed by atoms with E-state index in [2.05, 4.69) is 29.6 Å². The number of nitrogens with one attached hydrogen (secondary N) is 1. The highest BCUT2D eigenvalue weighted by Crippen LogP contribution is 2.26. The molecule has 5 rings (SSSR count). The summed E-state index contributed by atoms with van der Waals surface area (Å²) in [5.41, 5.74) is 4.85. The van der Waals surface area contributed by atoms with E-state index in [0.29, 0.717) is 19.4 Å². The number of carbonyl (C=O) groups is 1. The van der Waals surface area contributed by atoms with Gasteiger partial charge in [-0.05, 0) is 42.3 Å². The molecule has 0 aliphatic carbocycles. The molecule has 0 radical (unpaired) electrons. The summed E-state index contributed by atoms with van der Waals surface area (Å²) in [6.45, 7) is 2.59. The average molecular weight is 437 g/mol. The lowest BCUT2D eigenvalue weighted by molar-refractivity contribution is -0.552. The van der Waals surface area contributed by atoms with Crippen LogP contribution in [-0.2, 0) is 12.8 Å². The molecule has 1 aromatic heterocycles. The van der Waals surface area contributed by atoms with Gasteiger partial charge in [-0.25, -0.2) is 9.78 Å². The average Bonchev–Trinajstić information content (AvgIpc) is 3.16. The van der Waals surface area contributed by atoms with Crippen LogP contribution in [0, 0.1) is 0 Å². The largest absolute Gasteiger partial charge is 0.494 e. The van der Waals surface area contributed by atoms with Crippen LogP contribution in [-0.4, -0.2) is 23.5 Å². The summed E-state index contributed by atoms with van der Waals surface area (Å²) in [7, 11) is 0. The lowest BCUT2D eigenvalue weighted by atomic mass is 10.1. The van der Waals surface area contributed by atoms with E-state index in [4.69, 9.17) is 9.72 Å². The van der Waals surface area contributed by atoms with Crippen LogP contribution in [0.2, 0.25) is 0 Å². The predicted octanol–water partition coefficient (Wildman–Crippen LogP) is 4.70. The lowest BCUT2D eigenvalue weighted by Crippen LogP contribution is -2.44. The summed E-state index contributed by atoms with van der Waals surface area (Å²) < 4.78 is 7.31. The Kier molecular flexibility index (Phi) is 5.85. The van der Waals surface area contributed by atoms with Gasteiger partial charge in [-0.3, -0.25) is 5.32 Å². The monoisotopic (exact) mass is 436 g/mol. The maximum absolute atomic E-state index is 13.4. The Bertz CT molecular complexity index is 1260. The summed E-state index contributed by atoms with van der Waals surface area (Å²) >= 11 is 0. The molecule has 1 unspecified atom stereocenters. The third-order valence-corrected chi connectivity index (χ3v) is 5.83. The fourth-order valence-corrected chi connectivity index (χ4v) is 4.20. The minimum absolute atomic E-state index is 0.0396. The summed E-state index contributed by atoms with van der Waals surface area (Å²) in [4.78, 5) is 18.4. The number of aromatic nitrogens is 2. The first-order valence-corrected chi connectivity index (χ1v) is 11.3. The fourth-order valence-electron chi connectivity index (χ4n) is 4.20. The van der Waals surface area contributed by atoms with E-state index in [-0.39, 0.29) is 11.9 Å². The van der Waals surface area contributed by atoms with Crippen molar-refractivity contribution in [1.82, 2.24) is 4.98 Å². The standard InChI is InChI=1S/C28H25N3O2/c1-2-33-23-15-13-22(14-16-23)26-19-31-27(24(29-26)17-20-9-5-3-6-10-20)30-25(28(31)32)18-21-11-7-4-8-12-21/h3-16,19,25H,2,17-18H2,1H3/p+1. The molecule has 33 heavy (non-hydrogen) atoms. The maximum Gasteiger partial charge on any atom is 0.359 e. The van der Waals surface area contributed by atoms with E-state index in [0.717, 1.165) is 39.6 Å². The number of anilines is 1. The fraction of sp³-hybridized carbons (Fsp3) is 0.179. The van der Waals surface area contributed by atoms with Crippen LogP contribution in [0.1, 0.15) is 28.5 Å². The minimum atomic E-state index is -0.320. The van der Waals surface area contributed by atoms with Crippen molar-refractivity contribution in [2.24, 2.45) is 0 Å². The molecule has 5 heteroatoms. The molecule has 1 aliphatic heterocycles. The Balaban J connectivity index is 1.52. The highest BCUT2D eigenvalue weighted by molar-refractivity contribution is 5.82. The summed E-state index contributed by atoms with van der Waals surface area (Å²) in [5.74, 6) is 1.64. The number of nitrogens with zero attached hydrogens (tertiary/aromatic N) is 2. The zero-order chi connectivity index (χ0) is 22.6. The van der Waals surface area contributed by atoms with Crippen LogP contribution >= 0.6 is 0 Å². The summed E-state index contributed by atoms with van der Waals surface area (Å²) in [6.07, 6.45) is 3.11. The van der Waals surface area contributed by atoms with Crippen molar-refractivity contribution in [3.8, 4) is 17.0 Å². The van der Waals surface area contributed by atoms with E-state index >= 15 is 0 Å². The Morgan fingerprint density at radius 1 is 0.909 bits per heavy atom. The quantitative estimate of drug-likeness (QED) is 0.427. The van der Waals surface area contributed by atoms with Gasteiger partial charge in [0.2, 0.25) is 0 Å². The first-order valence-electron chi connectivity index (χ1n) is 11.3. The van der Waals surface area contributed by atoms with Crippen molar-refractivity contribution in [3.05, 3.63) is 108 Å². The van der Waals surface area contributed by atoms with Crippen molar-refractivity contribution < 1.29 is 14.1 Å². The van der Waals surface area contributed by atoms with Gasteiger partial charge in [-0.15, -0.1) is 0 Å². The molecule has 0 fully saturated rings. The van der Waals surface area contributed by atoms with E-state index in [1.165, 1.54) is 0 Å².